The van der Waals surface area contributed by atoms with Gasteiger partial charge in [-0.05, 0) is 12.8 Å². The zero-order chi connectivity index (χ0) is 35.6. The molecule has 48 heavy (non-hydrogen) atoms. The predicted octanol–water partition coefficient (Wildman–Crippen LogP) is 10.7. The van der Waals surface area contributed by atoms with E-state index >= 15 is 0 Å². The zero-order valence-electron chi connectivity index (χ0n) is 32.5. The first-order valence-corrected chi connectivity index (χ1v) is 21.7. The molecule has 0 saturated heterocycles. The number of carbonyl (C=O) groups is 1. The predicted molar refractivity (Wildman–Crippen MR) is 199 cm³/mol. The number of phosphoric ester groups is 1. The lowest BCUT2D eigenvalue weighted by Gasteiger charge is -2.28. The lowest BCUT2D eigenvalue weighted by molar-refractivity contribution is -0.870. The number of hydrogen-bond acceptors (Lipinski definition) is 7. The van der Waals surface area contributed by atoms with Crippen molar-refractivity contribution in [3.8, 4) is 0 Å². The summed E-state index contributed by atoms with van der Waals surface area (Å²) in [6, 6.07) is 0. The Morgan fingerprint density at radius 2 is 0.958 bits per heavy atom. The van der Waals surface area contributed by atoms with Gasteiger partial charge in [0, 0.05) is 13.0 Å². The van der Waals surface area contributed by atoms with E-state index in [1.165, 1.54) is 135 Å². The van der Waals surface area contributed by atoms with E-state index in [4.69, 9.17) is 18.5 Å². The average molecular weight is 706 g/mol. The largest absolute Gasteiger partial charge is 0.756 e. The first-order valence-electron chi connectivity index (χ1n) is 20.3. The van der Waals surface area contributed by atoms with Gasteiger partial charge in [-0.1, -0.05) is 168 Å². The number of esters is 1. The van der Waals surface area contributed by atoms with Gasteiger partial charge in [-0.25, -0.2) is 0 Å². The van der Waals surface area contributed by atoms with Crippen molar-refractivity contribution in [2.45, 2.75) is 193 Å². The molecule has 0 heterocycles. The molecule has 0 aliphatic carbocycles. The lowest BCUT2D eigenvalue weighted by atomic mass is 10.0. The van der Waals surface area contributed by atoms with Gasteiger partial charge in [-0.2, -0.15) is 0 Å². The van der Waals surface area contributed by atoms with Crippen LogP contribution in [0.2, 0.25) is 0 Å². The van der Waals surface area contributed by atoms with Gasteiger partial charge in [0.2, 0.25) is 0 Å². The summed E-state index contributed by atoms with van der Waals surface area (Å²) in [6.07, 6.45) is 32.4. The Morgan fingerprint density at radius 3 is 1.38 bits per heavy atom. The molecule has 0 aliphatic heterocycles. The summed E-state index contributed by atoms with van der Waals surface area (Å²) < 4.78 is 34.5. The summed E-state index contributed by atoms with van der Waals surface area (Å²) >= 11 is 0. The Labute approximate surface area is 298 Å². The molecule has 288 valence electrons. The Hall–Kier alpha value is -0.500. The van der Waals surface area contributed by atoms with E-state index in [-0.39, 0.29) is 25.8 Å². The second kappa shape index (κ2) is 33.6. The van der Waals surface area contributed by atoms with Crippen molar-refractivity contribution in [3.05, 3.63) is 0 Å². The number of unbranched alkanes of at least 4 members (excludes halogenated alkanes) is 24. The van der Waals surface area contributed by atoms with Gasteiger partial charge in [0.15, 0.2) is 0 Å². The maximum absolute atomic E-state index is 12.6. The Bertz CT molecular complexity index is 746. The van der Waals surface area contributed by atoms with Crippen LogP contribution in [0.3, 0.4) is 0 Å². The van der Waals surface area contributed by atoms with Gasteiger partial charge >= 0.3 is 5.97 Å². The summed E-state index contributed by atoms with van der Waals surface area (Å²) in [5.41, 5.74) is 0. The fraction of sp³-hybridized carbons (Fsp3) is 0.974. The van der Waals surface area contributed by atoms with Gasteiger partial charge in [-0.15, -0.1) is 0 Å². The second-order valence-corrected chi connectivity index (χ2v) is 16.4. The number of rotatable bonds is 38. The molecule has 0 saturated carbocycles. The summed E-state index contributed by atoms with van der Waals surface area (Å²) in [6.45, 7) is 5.44. The summed E-state index contributed by atoms with van der Waals surface area (Å²) in [5, 5.41) is 0. The smallest absolute Gasteiger partial charge is 0.306 e. The quantitative estimate of drug-likeness (QED) is 0.0273. The van der Waals surface area contributed by atoms with Crippen LogP contribution < -0.4 is 4.89 Å². The first-order chi connectivity index (χ1) is 23.1. The molecule has 0 aliphatic rings. The standard InChI is InChI=1S/C39H80NO7P/c1-6-8-10-12-14-16-18-20-21-22-24-26-28-30-32-39(41)47-38(37-46-48(42,43)45-35-33-40(3,4)5)36-44-34-31-29-27-25-23-19-17-15-13-11-9-7-2/h38H,6-37H2,1-5H3. The highest BCUT2D eigenvalue weighted by Gasteiger charge is 2.20. The van der Waals surface area contributed by atoms with E-state index in [2.05, 4.69) is 13.8 Å². The van der Waals surface area contributed by atoms with E-state index in [9.17, 15) is 14.3 Å². The number of phosphoric acid groups is 1. The fourth-order valence-corrected chi connectivity index (χ4v) is 6.45. The molecule has 0 aromatic heterocycles. The number of hydrogen-bond donors (Lipinski definition) is 0. The third kappa shape index (κ3) is 36.8. The molecular formula is C39H80NO7P. The molecule has 0 aromatic rings. The number of likely N-dealkylation sites (N-methyl/N-ethyl adjacent to an activating group) is 1. The van der Waals surface area contributed by atoms with Crippen LogP contribution in [-0.4, -0.2) is 70.7 Å². The van der Waals surface area contributed by atoms with Crippen LogP contribution in [0.5, 0.6) is 0 Å². The van der Waals surface area contributed by atoms with Crippen molar-refractivity contribution in [2.24, 2.45) is 0 Å². The van der Waals surface area contributed by atoms with Gasteiger partial charge < -0.3 is 27.9 Å². The molecule has 2 atom stereocenters. The number of nitrogens with zero attached hydrogens (tertiary/aromatic N) is 1. The second-order valence-electron chi connectivity index (χ2n) is 15.0. The van der Waals surface area contributed by atoms with E-state index in [0.717, 1.165) is 32.1 Å². The number of carbonyl (C=O) groups excluding carboxylic acids is 1. The highest BCUT2D eigenvalue weighted by molar-refractivity contribution is 7.45. The maximum Gasteiger partial charge on any atom is 0.306 e. The topological polar surface area (TPSA) is 94.1 Å². The number of quaternary nitrogens is 1. The van der Waals surface area contributed by atoms with E-state index in [0.29, 0.717) is 24.1 Å². The summed E-state index contributed by atoms with van der Waals surface area (Å²) in [5.74, 6) is -0.330. The Balaban J connectivity index is 4.24. The number of ether oxygens (including phenoxy) is 2. The van der Waals surface area contributed by atoms with Gasteiger partial charge in [0.05, 0.1) is 34.4 Å². The van der Waals surface area contributed by atoms with E-state index < -0.39 is 13.9 Å². The van der Waals surface area contributed by atoms with Crippen LogP contribution in [0.4, 0.5) is 0 Å². The van der Waals surface area contributed by atoms with Crippen LogP contribution in [0, 0.1) is 0 Å². The minimum Gasteiger partial charge on any atom is -0.756 e. The fourth-order valence-electron chi connectivity index (χ4n) is 5.72. The average Bonchev–Trinajstić information content (AvgIpc) is 3.03. The third-order valence-corrected chi connectivity index (χ3v) is 9.87. The van der Waals surface area contributed by atoms with E-state index in [1.54, 1.807) is 0 Å². The van der Waals surface area contributed by atoms with Gasteiger partial charge in [0.1, 0.15) is 19.3 Å². The van der Waals surface area contributed by atoms with Crippen LogP contribution in [0.15, 0.2) is 0 Å². The SMILES string of the molecule is CCCCCCCCCCCCCCCCC(=O)OC(COCCCCCCCCCCCCCC)COP(=O)([O-])OCC[N+](C)(C)C. The molecule has 0 radical (unpaired) electrons. The van der Waals surface area contributed by atoms with Crippen molar-refractivity contribution in [3.63, 3.8) is 0 Å². The monoisotopic (exact) mass is 706 g/mol. The molecule has 0 bridgehead atoms. The van der Waals surface area contributed by atoms with E-state index in [1.807, 2.05) is 21.1 Å². The zero-order valence-corrected chi connectivity index (χ0v) is 33.4. The van der Waals surface area contributed by atoms with Crippen molar-refractivity contribution in [1.29, 1.82) is 0 Å². The molecule has 9 heteroatoms. The van der Waals surface area contributed by atoms with Crippen molar-refractivity contribution < 1.29 is 37.3 Å². The molecule has 0 spiro atoms. The maximum atomic E-state index is 12.6. The summed E-state index contributed by atoms with van der Waals surface area (Å²) in [7, 11) is 1.37. The first kappa shape index (κ1) is 47.5. The minimum absolute atomic E-state index is 0.0311. The van der Waals surface area contributed by atoms with Crippen LogP contribution >= 0.6 is 7.82 Å². The Kier molecular flexibility index (Phi) is 33.3. The van der Waals surface area contributed by atoms with Crippen LogP contribution in [0.1, 0.15) is 187 Å². The molecular weight excluding hydrogens is 625 g/mol. The Morgan fingerprint density at radius 1 is 0.562 bits per heavy atom. The summed E-state index contributed by atoms with van der Waals surface area (Å²) in [4.78, 5) is 24.9. The molecule has 0 rings (SSSR count). The molecule has 0 N–H and O–H groups in total. The van der Waals surface area contributed by atoms with Gasteiger partial charge in [0.25, 0.3) is 7.82 Å². The lowest BCUT2D eigenvalue weighted by Crippen LogP contribution is -2.37. The molecule has 0 fully saturated rings. The minimum atomic E-state index is -4.51. The molecule has 2 unspecified atom stereocenters. The molecule has 0 aromatic carbocycles. The highest BCUT2D eigenvalue weighted by Crippen LogP contribution is 2.38. The van der Waals surface area contributed by atoms with Crippen molar-refractivity contribution in [2.75, 3.05) is 54.1 Å². The van der Waals surface area contributed by atoms with Crippen LogP contribution in [-0.2, 0) is 27.9 Å². The third-order valence-electron chi connectivity index (χ3n) is 8.91. The molecule has 0 amide bonds. The van der Waals surface area contributed by atoms with Gasteiger partial charge in [-0.3, -0.25) is 9.36 Å². The highest BCUT2D eigenvalue weighted by atomic mass is 31.2. The van der Waals surface area contributed by atoms with Crippen LogP contribution in [0.25, 0.3) is 0 Å². The van der Waals surface area contributed by atoms with Crippen molar-refractivity contribution >= 4 is 13.8 Å². The van der Waals surface area contributed by atoms with Crippen molar-refractivity contribution in [1.82, 2.24) is 0 Å². The molecule has 8 nitrogen and oxygen atoms in total. The normalized spacial score (nSPS) is 13.9.